The van der Waals surface area contributed by atoms with Gasteiger partial charge in [0.2, 0.25) is 0 Å². The molecule has 1 aliphatic carbocycles. The first kappa shape index (κ1) is 21.8. The molecule has 0 unspecified atom stereocenters. The molecule has 6 rings (SSSR count). The van der Waals surface area contributed by atoms with E-state index >= 15 is 0 Å². The lowest BCUT2D eigenvalue weighted by molar-refractivity contribution is 1.50. The molecule has 1 aliphatic rings. The molecule has 0 N–H and O–H groups in total. The Morgan fingerprint density at radius 3 is 1.58 bits per heavy atom. The van der Waals surface area contributed by atoms with Crippen LogP contribution < -0.4 is 0 Å². The Hall–Kier alpha value is -4.68. The lowest BCUT2D eigenvalue weighted by atomic mass is 9.79. The van der Waals surface area contributed by atoms with Gasteiger partial charge in [0.25, 0.3) is 0 Å². The van der Waals surface area contributed by atoms with E-state index < -0.39 is 0 Å². The molecule has 5 aromatic carbocycles. The van der Waals surface area contributed by atoms with Gasteiger partial charge in [-0.25, -0.2) is 0 Å². The second-order valence-electron chi connectivity index (χ2n) is 9.14. The van der Waals surface area contributed by atoms with Crippen LogP contribution in [0.15, 0.2) is 123 Å². The smallest absolute Gasteiger partial charge is 0.00206 e. The van der Waals surface area contributed by atoms with E-state index in [1.54, 1.807) is 0 Å². The van der Waals surface area contributed by atoms with E-state index in [4.69, 9.17) is 0 Å². The average Bonchev–Trinajstić information content (AvgIpc) is 3.12. The molecule has 5 aromatic rings. The van der Waals surface area contributed by atoms with E-state index in [-0.39, 0.29) is 0 Å². The fraction of sp³-hybridized carbons (Fsp3) is 0. The van der Waals surface area contributed by atoms with Crippen LogP contribution in [0.2, 0.25) is 0 Å². The van der Waals surface area contributed by atoms with Crippen LogP contribution in [0.5, 0.6) is 0 Å². The minimum Gasteiger partial charge on any atom is -0.0984 e. The zero-order valence-corrected chi connectivity index (χ0v) is 20.2. The molecule has 0 aliphatic heterocycles. The Bertz CT molecular complexity index is 1770. The molecular formula is C36H26. The van der Waals surface area contributed by atoms with Crippen molar-refractivity contribution >= 4 is 45.3 Å². The molecule has 0 spiro atoms. The Labute approximate surface area is 212 Å². The van der Waals surface area contributed by atoms with Crippen molar-refractivity contribution in [1.82, 2.24) is 0 Å². The maximum atomic E-state index is 4.49. The number of hydrogen-bond donors (Lipinski definition) is 0. The maximum Gasteiger partial charge on any atom is -0.00206 e. The van der Waals surface area contributed by atoms with Crippen molar-refractivity contribution in [3.05, 3.63) is 145 Å². The molecule has 0 heteroatoms. The third kappa shape index (κ3) is 3.47. The van der Waals surface area contributed by atoms with Crippen molar-refractivity contribution in [1.29, 1.82) is 0 Å². The highest BCUT2D eigenvalue weighted by Gasteiger charge is 2.24. The summed E-state index contributed by atoms with van der Waals surface area (Å²) >= 11 is 0. The number of fused-ring (bicyclic) bond motifs is 3. The lowest BCUT2D eigenvalue weighted by Crippen LogP contribution is -2.02. The molecule has 0 amide bonds. The van der Waals surface area contributed by atoms with Gasteiger partial charge in [-0.3, -0.25) is 0 Å². The van der Waals surface area contributed by atoms with Crippen LogP contribution in [-0.2, 0) is 0 Å². The molecule has 36 heavy (non-hydrogen) atoms. The first-order chi connectivity index (χ1) is 17.7. The van der Waals surface area contributed by atoms with Crippen molar-refractivity contribution in [3.63, 3.8) is 0 Å². The second kappa shape index (κ2) is 8.83. The van der Waals surface area contributed by atoms with Crippen molar-refractivity contribution in [3.8, 4) is 22.3 Å². The zero-order valence-electron chi connectivity index (χ0n) is 20.2. The Morgan fingerprint density at radius 1 is 0.500 bits per heavy atom. The fourth-order valence-corrected chi connectivity index (χ4v) is 5.44. The van der Waals surface area contributed by atoms with E-state index in [0.29, 0.717) is 0 Å². The van der Waals surface area contributed by atoms with Gasteiger partial charge >= 0.3 is 0 Å². The van der Waals surface area contributed by atoms with Crippen LogP contribution in [0.1, 0.15) is 22.3 Å². The quantitative estimate of drug-likeness (QED) is 0.251. The molecule has 0 fully saturated rings. The van der Waals surface area contributed by atoms with Gasteiger partial charge in [0.1, 0.15) is 0 Å². The van der Waals surface area contributed by atoms with E-state index in [2.05, 4.69) is 129 Å². The molecule has 0 saturated carbocycles. The van der Waals surface area contributed by atoms with E-state index in [0.717, 1.165) is 50.1 Å². The predicted octanol–water partition coefficient (Wildman–Crippen LogP) is 10.2. The number of rotatable bonds is 4. The van der Waals surface area contributed by atoms with Gasteiger partial charge in [-0.1, -0.05) is 129 Å². The molecule has 0 heterocycles. The number of benzene rings is 5. The SMILES string of the molecule is C=Cc1c(C=C)c(-c2ccc3ccccc3c2)c2c(c1-c1ccc3ccccc3c1)C=CC=CC2=C. The van der Waals surface area contributed by atoms with Crippen molar-refractivity contribution in [2.45, 2.75) is 0 Å². The molecule has 0 nitrogen and oxygen atoms in total. The minimum absolute atomic E-state index is 0.985. The second-order valence-corrected chi connectivity index (χ2v) is 9.14. The third-order valence-electron chi connectivity index (χ3n) is 7.09. The van der Waals surface area contributed by atoms with E-state index in [1.807, 2.05) is 12.2 Å². The third-order valence-corrected chi connectivity index (χ3v) is 7.09. The van der Waals surface area contributed by atoms with E-state index in [9.17, 15) is 0 Å². The molecular weight excluding hydrogens is 432 g/mol. The maximum absolute atomic E-state index is 4.49. The molecule has 0 saturated heterocycles. The fourth-order valence-electron chi connectivity index (χ4n) is 5.44. The summed E-state index contributed by atoms with van der Waals surface area (Å²) in [5, 5.41) is 4.88. The first-order valence-electron chi connectivity index (χ1n) is 12.2. The van der Waals surface area contributed by atoms with Crippen molar-refractivity contribution < 1.29 is 0 Å². The summed E-state index contributed by atoms with van der Waals surface area (Å²) in [6.45, 7) is 13.0. The van der Waals surface area contributed by atoms with Gasteiger partial charge < -0.3 is 0 Å². The lowest BCUT2D eigenvalue weighted by Gasteiger charge is -2.24. The van der Waals surface area contributed by atoms with Gasteiger partial charge in [0.05, 0.1) is 0 Å². The summed E-state index contributed by atoms with van der Waals surface area (Å²) in [5.41, 5.74) is 10.1. The van der Waals surface area contributed by atoms with E-state index in [1.165, 1.54) is 21.5 Å². The summed E-state index contributed by atoms with van der Waals surface area (Å²) in [6.07, 6.45) is 12.4. The monoisotopic (exact) mass is 458 g/mol. The molecule has 0 bridgehead atoms. The Balaban J connectivity index is 1.75. The van der Waals surface area contributed by atoms with Gasteiger partial charge in [-0.15, -0.1) is 0 Å². The van der Waals surface area contributed by atoms with Crippen molar-refractivity contribution in [2.24, 2.45) is 0 Å². The summed E-state index contributed by atoms with van der Waals surface area (Å²) in [7, 11) is 0. The molecule has 0 atom stereocenters. The summed E-state index contributed by atoms with van der Waals surface area (Å²) in [4.78, 5) is 0. The summed E-state index contributed by atoms with van der Waals surface area (Å²) in [6, 6.07) is 30.3. The Kier molecular flexibility index (Phi) is 5.36. The van der Waals surface area contributed by atoms with Crippen LogP contribution in [-0.4, -0.2) is 0 Å². The van der Waals surface area contributed by atoms with Gasteiger partial charge in [-0.05, 0) is 83.8 Å². The largest absolute Gasteiger partial charge is 0.0984 e. The van der Waals surface area contributed by atoms with Crippen LogP contribution in [0.4, 0.5) is 0 Å². The highest BCUT2D eigenvalue weighted by atomic mass is 14.3. The Morgan fingerprint density at radius 2 is 1.00 bits per heavy atom. The zero-order chi connectivity index (χ0) is 24.6. The van der Waals surface area contributed by atoms with Crippen LogP contribution >= 0.6 is 0 Å². The normalized spacial score (nSPS) is 12.5. The topological polar surface area (TPSA) is 0 Å². The summed E-state index contributed by atoms with van der Waals surface area (Å²) < 4.78 is 0. The van der Waals surface area contributed by atoms with Gasteiger partial charge in [0.15, 0.2) is 0 Å². The van der Waals surface area contributed by atoms with Crippen molar-refractivity contribution in [2.75, 3.05) is 0 Å². The minimum atomic E-state index is 0.985. The highest BCUT2D eigenvalue weighted by molar-refractivity contribution is 6.04. The van der Waals surface area contributed by atoms with Crippen LogP contribution in [0.25, 0.3) is 67.6 Å². The standard InChI is InChI=1S/C36H26/c1-4-31-32(5-2)36(30-21-19-26-14-8-10-16-28(26)23-30)34-24(3)12-6-11-17-33(34)35(31)29-20-18-25-13-7-9-15-27(25)22-29/h4-23H,1-3H2. The molecule has 0 radical (unpaired) electrons. The first-order valence-corrected chi connectivity index (χ1v) is 12.2. The molecule has 0 aromatic heterocycles. The predicted molar refractivity (Wildman–Crippen MR) is 160 cm³/mol. The summed E-state index contributed by atoms with van der Waals surface area (Å²) in [5.74, 6) is 0. The number of allylic oxidation sites excluding steroid dienone is 4. The van der Waals surface area contributed by atoms with Gasteiger partial charge in [0, 0.05) is 0 Å². The van der Waals surface area contributed by atoms with Crippen LogP contribution in [0.3, 0.4) is 0 Å². The highest BCUT2D eigenvalue weighted by Crippen LogP contribution is 2.46. The van der Waals surface area contributed by atoms with Crippen LogP contribution in [0, 0.1) is 0 Å². The molecule has 170 valence electrons. The van der Waals surface area contributed by atoms with Gasteiger partial charge in [-0.2, -0.15) is 0 Å². The number of hydrogen-bond acceptors (Lipinski definition) is 0. The average molecular weight is 459 g/mol.